The van der Waals surface area contributed by atoms with E-state index >= 15 is 0 Å². The van der Waals surface area contributed by atoms with Crippen LogP contribution in [-0.2, 0) is 13.1 Å². The molecule has 0 bridgehead atoms. The first-order valence-electron chi connectivity index (χ1n) is 13.3. The Kier molecular flexibility index (Phi) is 8.52. The van der Waals surface area contributed by atoms with Crippen molar-refractivity contribution < 1.29 is 13.9 Å². The highest BCUT2D eigenvalue weighted by atomic mass is 79.9. The molecule has 1 aliphatic heterocycles. The number of halogens is 1. The molecule has 0 radical (unpaired) electrons. The Morgan fingerprint density at radius 2 is 1.62 bits per heavy atom. The summed E-state index contributed by atoms with van der Waals surface area (Å²) >= 11 is 3.54. The number of ether oxygens (including phenoxy) is 1. The van der Waals surface area contributed by atoms with Gasteiger partial charge >= 0.3 is 0 Å². The first kappa shape index (κ1) is 25.9. The quantitative estimate of drug-likeness (QED) is 0.318. The van der Waals surface area contributed by atoms with Crippen molar-refractivity contribution in [2.24, 2.45) is 0 Å². The van der Waals surface area contributed by atoms with E-state index in [0.29, 0.717) is 24.9 Å². The summed E-state index contributed by atoms with van der Waals surface area (Å²) in [5.74, 6) is 2.14. The first-order valence-corrected chi connectivity index (χ1v) is 14.1. The molecule has 0 unspecified atom stereocenters. The molecule has 5 rings (SSSR count). The number of hydrogen-bond acceptors (Lipinski definition) is 5. The molecule has 0 N–H and O–H groups in total. The molecule has 0 spiro atoms. The fourth-order valence-corrected chi connectivity index (χ4v) is 5.74. The van der Waals surface area contributed by atoms with E-state index in [1.165, 1.54) is 37.7 Å². The molecular formula is C30H36BrN3O3. The van der Waals surface area contributed by atoms with Crippen LogP contribution in [0.3, 0.4) is 0 Å². The summed E-state index contributed by atoms with van der Waals surface area (Å²) in [6.45, 7) is 4.56. The lowest BCUT2D eigenvalue weighted by Crippen LogP contribution is -2.48. The highest BCUT2D eigenvalue weighted by Gasteiger charge is 2.26. The topological polar surface area (TPSA) is 49.2 Å². The molecule has 2 aromatic carbocycles. The number of anilines is 1. The number of benzene rings is 2. The minimum atomic E-state index is -0.0160. The van der Waals surface area contributed by atoms with Gasteiger partial charge in [-0.05, 0) is 66.9 Å². The van der Waals surface area contributed by atoms with Gasteiger partial charge in [0.2, 0.25) is 0 Å². The normalized spacial score (nSPS) is 16.8. The molecule has 196 valence electrons. The summed E-state index contributed by atoms with van der Waals surface area (Å²) < 4.78 is 12.5. The van der Waals surface area contributed by atoms with Crippen LogP contribution in [0.15, 0.2) is 69.6 Å². The van der Waals surface area contributed by atoms with Crippen molar-refractivity contribution in [1.29, 1.82) is 0 Å². The van der Waals surface area contributed by atoms with E-state index in [0.717, 1.165) is 47.8 Å². The Hall–Kier alpha value is -2.77. The number of hydrogen-bond donors (Lipinski definition) is 0. The van der Waals surface area contributed by atoms with Crippen LogP contribution >= 0.6 is 15.9 Å². The maximum absolute atomic E-state index is 13.2. The Morgan fingerprint density at radius 3 is 2.30 bits per heavy atom. The van der Waals surface area contributed by atoms with E-state index < -0.39 is 0 Å². The molecule has 3 aromatic rings. The average Bonchev–Trinajstić information content (AvgIpc) is 3.43. The Labute approximate surface area is 228 Å². The molecule has 2 fully saturated rings. The van der Waals surface area contributed by atoms with E-state index in [9.17, 15) is 4.79 Å². The second kappa shape index (κ2) is 12.2. The highest BCUT2D eigenvalue weighted by Crippen LogP contribution is 2.27. The minimum Gasteiger partial charge on any atom is -0.497 e. The van der Waals surface area contributed by atoms with Crippen LogP contribution in [0.4, 0.5) is 5.69 Å². The van der Waals surface area contributed by atoms with Crippen LogP contribution in [0.25, 0.3) is 0 Å². The number of carbonyl (C=O) groups is 1. The number of nitrogens with zero attached hydrogens (tertiary/aromatic N) is 3. The standard InChI is InChI=1S/C30H36BrN3O3/c1-36-27-13-11-26(12-14-27)32-17-19-33(20-18-32)30(35)29-16-15-28(37-29)22-34(25-5-3-2-4-6-25)21-23-7-9-24(31)10-8-23/h7-16,25H,2-6,17-22H2,1H3. The zero-order valence-corrected chi connectivity index (χ0v) is 23.2. The van der Waals surface area contributed by atoms with E-state index in [2.05, 4.69) is 62.1 Å². The maximum atomic E-state index is 13.2. The Bertz CT molecular complexity index is 1150. The summed E-state index contributed by atoms with van der Waals surface area (Å²) in [4.78, 5) is 20.0. The number of amides is 1. The van der Waals surface area contributed by atoms with Crippen molar-refractivity contribution in [2.75, 3.05) is 38.2 Å². The molecular weight excluding hydrogens is 530 g/mol. The maximum Gasteiger partial charge on any atom is 0.289 e. The van der Waals surface area contributed by atoms with Crippen LogP contribution in [0.5, 0.6) is 5.75 Å². The number of methoxy groups -OCH3 is 1. The zero-order valence-electron chi connectivity index (χ0n) is 21.6. The molecule has 1 saturated heterocycles. The molecule has 37 heavy (non-hydrogen) atoms. The second-order valence-corrected chi connectivity index (χ2v) is 11.0. The van der Waals surface area contributed by atoms with Crippen molar-refractivity contribution in [2.45, 2.75) is 51.2 Å². The number of rotatable bonds is 8. The predicted molar refractivity (Wildman–Crippen MR) is 150 cm³/mol. The van der Waals surface area contributed by atoms with Gasteiger partial charge in [0.25, 0.3) is 5.91 Å². The van der Waals surface area contributed by atoms with Crippen LogP contribution in [-0.4, -0.2) is 55.0 Å². The fraction of sp³-hybridized carbons (Fsp3) is 0.433. The first-order chi connectivity index (χ1) is 18.1. The van der Waals surface area contributed by atoms with Crippen LogP contribution in [0, 0.1) is 0 Å². The second-order valence-electron chi connectivity index (χ2n) is 10.1. The molecule has 0 atom stereocenters. The van der Waals surface area contributed by atoms with E-state index in [4.69, 9.17) is 9.15 Å². The van der Waals surface area contributed by atoms with Gasteiger partial charge in [-0.3, -0.25) is 9.69 Å². The highest BCUT2D eigenvalue weighted by molar-refractivity contribution is 9.10. The number of carbonyl (C=O) groups excluding carboxylic acids is 1. The van der Waals surface area contributed by atoms with Crippen molar-refractivity contribution in [1.82, 2.24) is 9.80 Å². The van der Waals surface area contributed by atoms with Crippen LogP contribution < -0.4 is 9.64 Å². The van der Waals surface area contributed by atoms with E-state index in [1.807, 2.05) is 29.2 Å². The SMILES string of the molecule is COc1ccc(N2CCN(C(=O)c3ccc(CN(Cc4ccc(Br)cc4)C4CCCCC4)o3)CC2)cc1. The molecule has 1 amide bonds. The van der Waals surface area contributed by atoms with Crippen molar-refractivity contribution >= 4 is 27.5 Å². The number of furan rings is 1. The van der Waals surface area contributed by atoms with Crippen molar-refractivity contribution in [3.05, 3.63) is 82.2 Å². The number of piperazine rings is 1. The van der Waals surface area contributed by atoms with Gasteiger partial charge in [-0.2, -0.15) is 0 Å². The van der Waals surface area contributed by atoms with Gasteiger partial charge in [-0.1, -0.05) is 47.3 Å². The third-order valence-corrected chi connectivity index (χ3v) is 8.15. The lowest BCUT2D eigenvalue weighted by atomic mass is 9.93. The average molecular weight is 567 g/mol. The molecule has 1 aliphatic carbocycles. The van der Waals surface area contributed by atoms with Gasteiger partial charge in [-0.15, -0.1) is 0 Å². The summed E-state index contributed by atoms with van der Waals surface area (Å²) in [6.07, 6.45) is 6.34. The smallest absolute Gasteiger partial charge is 0.289 e. The summed E-state index contributed by atoms with van der Waals surface area (Å²) in [5.41, 5.74) is 2.45. The lowest BCUT2D eigenvalue weighted by molar-refractivity contribution is 0.0707. The largest absolute Gasteiger partial charge is 0.497 e. The van der Waals surface area contributed by atoms with Gasteiger partial charge in [-0.25, -0.2) is 0 Å². The van der Waals surface area contributed by atoms with Gasteiger partial charge < -0.3 is 19.0 Å². The van der Waals surface area contributed by atoms with E-state index in [-0.39, 0.29) is 5.91 Å². The molecule has 7 heteroatoms. The zero-order chi connectivity index (χ0) is 25.6. The Morgan fingerprint density at radius 1 is 0.919 bits per heavy atom. The molecule has 1 saturated carbocycles. The predicted octanol–water partition coefficient (Wildman–Crippen LogP) is 6.35. The van der Waals surface area contributed by atoms with Crippen molar-refractivity contribution in [3.8, 4) is 5.75 Å². The van der Waals surface area contributed by atoms with E-state index in [1.54, 1.807) is 7.11 Å². The summed E-state index contributed by atoms with van der Waals surface area (Å²) in [7, 11) is 1.68. The lowest BCUT2D eigenvalue weighted by Gasteiger charge is -2.35. The van der Waals surface area contributed by atoms with Gasteiger partial charge in [0.1, 0.15) is 11.5 Å². The monoisotopic (exact) mass is 565 g/mol. The van der Waals surface area contributed by atoms with Gasteiger partial charge in [0.05, 0.1) is 13.7 Å². The minimum absolute atomic E-state index is 0.0160. The molecule has 1 aromatic heterocycles. The van der Waals surface area contributed by atoms with Gasteiger partial charge in [0, 0.05) is 48.9 Å². The molecule has 6 nitrogen and oxygen atoms in total. The summed E-state index contributed by atoms with van der Waals surface area (Å²) in [5, 5.41) is 0. The molecule has 2 heterocycles. The van der Waals surface area contributed by atoms with Gasteiger partial charge in [0.15, 0.2) is 5.76 Å². The molecule has 2 aliphatic rings. The third-order valence-electron chi connectivity index (χ3n) is 7.63. The fourth-order valence-electron chi connectivity index (χ4n) is 5.48. The Balaban J connectivity index is 1.20. The van der Waals surface area contributed by atoms with Crippen LogP contribution in [0.2, 0.25) is 0 Å². The van der Waals surface area contributed by atoms with Crippen LogP contribution in [0.1, 0.15) is 54.0 Å². The summed E-state index contributed by atoms with van der Waals surface area (Å²) in [6, 6.07) is 21.1. The third kappa shape index (κ3) is 6.57. The van der Waals surface area contributed by atoms with Crippen molar-refractivity contribution in [3.63, 3.8) is 0 Å².